The number of halogens is 1. The number of hydrogen-bond acceptors (Lipinski definition) is 3. The molecule has 3 unspecified atom stereocenters. The first kappa shape index (κ1) is 18.8. The van der Waals surface area contributed by atoms with Crippen LogP contribution >= 0.6 is 12.4 Å². The minimum atomic E-state index is -0.518. The molecule has 3 rings (SSSR count). The maximum Gasteiger partial charge on any atom is 0.118 e. The molecule has 0 saturated carbocycles. The Balaban J connectivity index is 0.00000208. The Kier molecular flexibility index (Phi) is 6.67. The summed E-state index contributed by atoms with van der Waals surface area (Å²) in [6.45, 7) is 1.86. The number of aliphatic hydroxyl groups is 1. The molecule has 0 bridgehead atoms. The largest absolute Gasteiger partial charge is 0.508 e. The number of hydrogen-bond donors (Lipinski definition) is 3. The standard InChI is InChI=1S/C20H25NO2.ClH/c1-14-13-16(8-12-19(14)22)20(23)18-11-10-17(21-18)9-7-15-5-3-2-4-6-15;/h2-6,8,12-13,17-18,20-23H,7,9-11H2,1H3;1H. The van der Waals surface area contributed by atoms with Crippen LogP contribution in [0.5, 0.6) is 5.75 Å². The van der Waals surface area contributed by atoms with Crippen molar-refractivity contribution in [3.63, 3.8) is 0 Å². The molecule has 3 N–H and O–H groups in total. The maximum atomic E-state index is 10.6. The zero-order chi connectivity index (χ0) is 16.2. The fraction of sp³-hybridized carbons (Fsp3) is 0.400. The molecule has 24 heavy (non-hydrogen) atoms. The van der Waals surface area contributed by atoms with Crippen LogP contribution < -0.4 is 5.32 Å². The third kappa shape index (κ3) is 4.50. The summed E-state index contributed by atoms with van der Waals surface area (Å²) in [5.74, 6) is 0.279. The van der Waals surface area contributed by atoms with E-state index in [4.69, 9.17) is 0 Å². The van der Waals surface area contributed by atoms with E-state index in [9.17, 15) is 10.2 Å². The summed E-state index contributed by atoms with van der Waals surface area (Å²) in [6, 6.07) is 16.5. The topological polar surface area (TPSA) is 52.5 Å². The average Bonchev–Trinajstić information content (AvgIpc) is 3.05. The summed E-state index contributed by atoms with van der Waals surface area (Å²) < 4.78 is 0. The minimum absolute atomic E-state index is 0. The summed E-state index contributed by atoms with van der Waals surface area (Å²) in [5, 5.41) is 23.8. The van der Waals surface area contributed by atoms with Crippen LogP contribution in [0.2, 0.25) is 0 Å². The van der Waals surface area contributed by atoms with E-state index >= 15 is 0 Å². The van der Waals surface area contributed by atoms with Crippen LogP contribution in [0.1, 0.15) is 42.1 Å². The second-order valence-corrected chi connectivity index (χ2v) is 6.56. The molecular formula is C20H26ClNO2. The normalized spacial score (nSPS) is 21.2. The van der Waals surface area contributed by atoms with Gasteiger partial charge in [0.25, 0.3) is 0 Å². The Labute approximate surface area is 150 Å². The number of phenols is 1. The average molecular weight is 348 g/mol. The van der Waals surface area contributed by atoms with Gasteiger partial charge in [0.05, 0.1) is 6.10 Å². The van der Waals surface area contributed by atoms with Gasteiger partial charge in [-0.05, 0) is 61.4 Å². The number of rotatable bonds is 5. The van der Waals surface area contributed by atoms with Gasteiger partial charge in [-0.2, -0.15) is 0 Å². The molecule has 0 aliphatic carbocycles. The lowest BCUT2D eigenvalue weighted by Crippen LogP contribution is -2.34. The number of aromatic hydroxyl groups is 1. The Morgan fingerprint density at radius 2 is 1.88 bits per heavy atom. The van der Waals surface area contributed by atoms with Gasteiger partial charge < -0.3 is 15.5 Å². The molecule has 1 saturated heterocycles. The summed E-state index contributed by atoms with van der Waals surface area (Å²) in [7, 11) is 0. The molecule has 0 amide bonds. The first-order valence-corrected chi connectivity index (χ1v) is 8.41. The number of aliphatic hydroxyl groups excluding tert-OH is 1. The van der Waals surface area contributed by atoms with Crippen LogP contribution in [0.4, 0.5) is 0 Å². The molecule has 3 atom stereocenters. The van der Waals surface area contributed by atoms with Crippen molar-refractivity contribution in [1.82, 2.24) is 5.32 Å². The molecule has 1 aliphatic heterocycles. The zero-order valence-corrected chi connectivity index (χ0v) is 14.8. The molecular weight excluding hydrogens is 322 g/mol. The van der Waals surface area contributed by atoms with E-state index < -0.39 is 6.10 Å². The van der Waals surface area contributed by atoms with Crippen molar-refractivity contribution in [2.45, 2.75) is 50.8 Å². The third-order valence-corrected chi connectivity index (χ3v) is 4.84. The summed E-state index contributed by atoms with van der Waals surface area (Å²) in [5.41, 5.74) is 3.05. The van der Waals surface area contributed by atoms with Gasteiger partial charge in [-0.1, -0.05) is 36.4 Å². The van der Waals surface area contributed by atoms with E-state index in [1.165, 1.54) is 5.56 Å². The molecule has 2 aromatic carbocycles. The molecule has 4 heteroatoms. The van der Waals surface area contributed by atoms with E-state index in [0.29, 0.717) is 6.04 Å². The van der Waals surface area contributed by atoms with Gasteiger partial charge in [0.2, 0.25) is 0 Å². The monoisotopic (exact) mass is 347 g/mol. The highest BCUT2D eigenvalue weighted by Crippen LogP contribution is 2.29. The predicted molar refractivity (Wildman–Crippen MR) is 99.8 cm³/mol. The molecule has 2 aromatic rings. The van der Waals surface area contributed by atoms with Gasteiger partial charge in [0.1, 0.15) is 5.75 Å². The van der Waals surface area contributed by atoms with Gasteiger partial charge in [-0.25, -0.2) is 0 Å². The van der Waals surface area contributed by atoms with Crippen molar-refractivity contribution in [3.8, 4) is 5.75 Å². The number of nitrogens with one attached hydrogen (secondary N) is 1. The van der Waals surface area contributed by atoms with E-state index in [2.05, 4.69) is 29.6 Å². The molecule has 3 nitrogen and oxygen atoms in total. The summed E-state index contributed by atoms with van der Waals surface area (Å²) in [6.07, 6.45) is 3.74. The van der Waals surface area contributed by atoms with Crippen LogP contribution in [0, 0.1) is 6.92 Å². The summed E-state index contributed by atoms with van der Waals surface area (Å²) in [4.78, 5) is 0. The highest BCUT2D eigenvalue weighted by atomic mass is 35.5. The number of aryl methyl sites for hydroxylation is 2. The summed E-state index contributed by atoms with van der Waals surface area (Å²) >= 11 is 0. The highest BCUT2D eigenvalue weighted by molar-refractivity contribution is 5.85. The van der Waals surface area contributed by atoms with Crippen LogP contribution in [-0.2, 0) is 6.42 Å². The lowest BCUT2D eigenvalue weighted by atomic mass is 9.99. The number of phenolic OH excluding ortho intramolecular Hbond substituents is 1. The molecule has 0 aromatic heterocycles. The zero-order valence-electron chi connectivity index (χ0n) is 14.0. The molecule has 0 radical (unpaired) electrons. The van der Waals surface area contributed by atoms with E-state index in [0.717, 1.165) is 36.8 Å². The molecule has 1 aliphatic rings. The predicted octanol–water partition coefficient (Wildman–Crippen LogP) is 3.91. The van der Waals surface area contributed by atoms with Crippen LogP contribution in [0.25, 0.3) is 0 Å². The van der Waals surface area contributed by atoms with E-state index in [1.54, 1.807) is 6.07 Å². The second-order valence-electron chi connectivity index (χ2n) is 6.56. The fourth-order valence-electron chi connectivity index (χ4n) is 3.41. The van der Waals surface area contributed by atoms with Crippen molar-refractivity contribution < 1.29 is 10.2 Å². The Bertz CT molecular complexity index is 647. The van der Waals surface area contributed by atoms with E-state index in [1.807, 2.05) is 25.1 Å². The van der Waals surface area contributed by atoms with Crippen molar-refractivity contribution in [3.05, 3.63) is 65.2 Å². The minimum Gasteiger partial charge on any atom is -0.508 e. The molecule has 130 valence electrons. The smallest absolute Gasteiger partial charge is 0.118 e. The van der Waals surface area contributed by atoms with Gasteiger partial charge in [0, 0.05) is 12.1 Å². The first-order chi connectivity index (χ1) is 11.1. The highest BCUT2D eigenvalue weighted by Gasteiger charge is 2.29. The van der Waals surface area contributed by atoms with Crippen molar-refractivity contribution >= 4 is 12.4 Å². The maximum absolute atomic E-state index is 10.6. The second kappa shape index (κ2) is 8.52. The SMILES string of the molecule is Cc1cc(C(O)C2CCC(CCc3ccccc3)N2)ccc1O.Cl. The lowest BCUT2D eigenvalue weighted by molar-refractivity contribution is 0.135. The van der Waals surface area contributed by atoms with Gasteiger partial charge >= 0.3 is 0 Å². The molecule has 1 fully saturated rings. The van der Waals surface area contributed by atoms with Gasteiger partial charge in [-0.3, -0.25) is 0 Å². The lowest BCUT2D eigenvalue weighted by Gasteiger charge is -2.21. The third-order valence-electron chi connectivity index (χ3n) is 4.84. The van der Waals surface area contributed by atoms with Crippen molar-refractivity contribution in [2.75, 3.05) is 0 Å². The Hall–Kier alpha value is -1.55. The molecule has 0 spiro atoms. The quantitative estimate of drug-likeness (QED) is 0.768. The number of benzene rings is 2. The fourth-order valence-corrected chi connectivity index (χ4v) is 3.41. The first-order valence-electron chi connectivity index (χ1n) is 8.41. The van der Waals surface area contributed by atoms with Gasteiger partial charge in [-0.15, -0.1) is 12.4 Å². The Morgan fingerprint density at radius 3 is 2.58 bits per heavy atom. The van der Waals surface area contributed by atoms with Gasteiger partial charge in [0.15, 0.2) is 0 Å². The van der Waals surface area contributed by atoms with Crippen LogP contribution in [-0.4, -0.2) is 22.3 Å². The van der Waals surface area contributed by atoms with Crippen molar-refractivity contribution in [1.29, 1.82) is 0 Å². The van der Waals surface area contributed by atoms with Crippen molar-refractivity contribution in [2.24, 2.45) is 0 Å². The van der Waals surface area contributed by atoms with Crippen LogP contribution in [0.3, 0.4) is 0 Å². The van der Waals surface area contributed by atoms with E-state index in [-0.39, 0.29) is 24.2 Å². The van der Waals surface area contributed by atoms with Crippen LogP contribution in [0.15, 0.2) is 48.5 Å². The molecule has 1 heterocycles. The Morgan fingerprint density at radius 1 is 1.12 bits per heavy atom.